The maximum atomic E-state index is 2.89. The van der Waals surface area contributed by atoms with Gasteiger partial charge in [0.1, 0.15) is 0 Å². The van der Waals surface area contributed by atoms with Gasteiger partial charge in [0.15, 0.2) is 0 Å². The minimum absolute atomic E-state index is 0. The first-order chi connectivity index (χ1) is 1.91. The fourth-order valence-corrected chi connectivity index (χ4v) is 0. The molecule has 2 heteroatoms. The van der Waals surface area contributed by atoms with Gasteiger partial charge in [-0.05, 0) is 11.8 Å². The molecule has 0 saturated carbocycles. The SMILES string of the molecule is CC#CBr.[KH]. The van der Waals surface area contributed by atoms with Crippen molar-refractivity contribution in [2.24, 2.45) is 0 Å². The summed E-state index contributed by atoms with van der Waals surface area (Å²) in [6.45, 7) is 1.77. The monoisotopic (exact) mass is 158 g/mol. The average Bonchev–Trinajstić information content (AvgIpc) is 1.37. The van der Waals surface area contributed by atoms with Gasteiger partial charge < -0.3 is 0 Å². The standard InChI is InChI=1S/C3H3Br.K.H/c1-2-3-4;;/h1H3;;. The van der Waals surface area contributed by atoms with Crippen molar-refractivity contribution in [2.45, 2.75) is 6.92 Å². The molecule has 0 radical (unpaired) electrons. The molecule has 0 heterocycles. The van der Waals surface area contributed by atoms with Gasteiger partial charge >= 0.3 is 51.4 Å². The van der Waals surface area contributed by atoms with Crippen LogP contribution in [0.3, 0.4) is 0 Å². The van der Waals surface area contributed by atoms with Crippen LogP contribution in [-0.2, 0) is 0 Å². The van der Waals surface area contributed by atoms with Gasteiger partial charge in [-0.1, -0.05) is 5.92 Å². The predicted molar refractivity (Wildman–Crippen MR) is 29.5 cm³/mol. The van der Waals surface area contributed by atoms with E-state index in [1.165, 1.54) is 0 Å². The molecule has 0 rings (SSSR count). The molecule has 0 aromatic carbocycles. The Balaban J connectivity index is 0. The van der Waals surface area contributed by atoms with E-state index in [9.17, 15) is 0 Å². The van der Waals surface area contributed by atoms with Crippen molar-refractivity contribution in [2.75, 3.05) is 0 Å². The van der Waals surface area contributed by atoms with Crippen LogP contribution in [0.4, 0.5) is 0 Å². The van der Waals surface area contributed by atoms with E-state index in [2.05, 4.69) is 26.7 Å². The van der Waals surface area contributed by atoms with Gasteiger partial charge in [0.2, 0.25) is 0 Å². The zero-order valence-corrected chi connectivity index (χ0v) is 3.96. The summed E-state index contributed by atoms with van der Waals surface area (Å²) in [6, 6.07) is 0. The van der Waals surface area contributed by atoms with Crippen molar-refractivity contribution in [1.29, 1.82) is 0 Å². The fraction of sp³-hybridized carbons (Fsp3) is 0.333. The van der Waals surface area contributed by atoms with Gasteiger partial charge in [0.25, 0.3) is 0 Å². The summed E-state index contributed by atoms with van der Waals surface area (Å²) in [5, 5.41) is 0. The first-order valence-electron chi connectivity index (χ1n) is 0.939. The molecule has 0 unspecified atom stereocenters. The van der Waals surface area contributed by atoms with Crippen molar-refractivity contribution in [1.82, 2.24) is 0 Å². The zero-order chi connectivity index (χ0) is 3.41. The molecule has 0 saturated heterocycles. The van der Waals surface area contributed by atoms with E-state index in [-0.39, 0.29) is 51.4 Å². The minimum atomic E-state index is 0. The van der Waals surface area contributed by atoms with Gasteiger partial charge in [-0.2, -0.15) is 0 Å². The second kappa shape index (κ2) is 9.18. The summed E-state index contributed by atoms with van der Waals surface area (Å²) in [6.07, 6.45) is 0. The molecule has 24 valence electrons. The third kappa shape index (κ3) is 10.7. The molecule has 0 aromatic heterocycles. The Hall–Kier alpha value is 1.68. The first-order valence-corrected chi connectivity index (χ1v) is 1.73. The Kier molecular flexibility index (Phi) is 18.1. The Morgan fingerprint density at radius 3 is 1.80 bits per heavy atom. The van der Waals surface area contributed by atoms with Gasteiger partial charge in [0, 0.05) is 15.9 Å². The quantitative estimate of drug-likeness (QED) is 0.360. The Labute approximate surface area is 83.3 Å². The zero-order valence-electron chi connectivity index (χ0n) is 2.38. The van der Waals surface area contributed by atoms with Crippen LogP contribution in [0.2, 0.25) is 0 Å². The Bertz CT molecular complexity index is 43.6. The van der Waals surface area contributed by atoms with Crippen molar-refractivity contribution in [3.8, 4) is 10.8 Å². The Morgan fingerprint density at radius 1 is 1.60 bits per heavy atom. The van der Waals surface area contributed by atoms with E-state index < -0.39 is 0 Å². The fourth-order valence-electron chi connectivity index (χ4n) is 0. The Morgan fingerprint density at radius 2 is 1.80 bits per heavy atom. The van der Waals surface area contributed by atoms with Crippen LogP contribution in [0.1, 0.15) is 6.92 Å². The second-order valence-corrected chi connectivity index (χ2v) is 0.741. The van der Waals surface area contributed by atoms with Crippen LogP contribution in [0.5, 0.6) is 0 Å². The molecule has 0 aliphatic carbocycles. The maximum absolute atomic E-state index is 2.89. The third-order valence-corrected chi connectivity index (χ3v) is 0.491. The van der Waals surface area contributed by atoms with E-state index in [4.69, 9.17) is 0 Å². The molecule has 0 atom stereocenters. The molecule has 0 aliphatic heterocycles. The predicted octanol–water partition coefficient (Wildman–Crippen LogP) is 0.714. The topological polar surface area (TPSA) is 0 Å². The first kappa shape index (κ1) is 9.84. The molecule has 0 nitrogen and oxygen atoms in total. The van der Waals surface area contributed by atoms with Crippen molar-refractivity contribution < 1.29 is 0 Å². The van der Waals surface area contributed by atoms with E-state index in [1.54, 1.807) is 6.92 Å². The van der Waals surface area contributed by atoms with Crippen LogP contribution in [0, 0.1) is 10.8 Å². The molecule has 0 aromatic rings. The van der Waals surface area contributed by atoms with Gasteiger partial charge in [-0.25, -0.2) is 0 Å². The third-order valence-electron chi connectivity index (χ3n) is 0.0945. The van der Waals surface area contributed by atoms with E-state index in [1.807, 2.05) is 0 Å². The van der Waals surface area contributed by atoms with Crippen LogP contribution in [-0.4, -0.2) is 51.4 Å². The normalized spacial score (nSPS) is 2.80. The van der Waals surface area contributed by atoms with Crippen LogP contribution >= 0.6 is 15.9 Å². The molecule has 5 heavy (non-hydrogen) atoms. The van der Waals surface area contributed by atoms with Crippen LogP contribution in [0.25, 0.3) is 0 Å². The molecule has 0 amide bonds. The van der Waals surface area contributed by atoms with Crippen molar-refractivity contribution in [3.05, 3.63) is 0 Å². The molecule has 0 aliphatic rings. The van der Waals surface area contributed by atoms with Crippen LogP contribution < -0.4 is 0 Å². The van der Waals surface area contributed by atoms with Gasteiger partial charge in [-0.3, -0.25) is 0 Å². The van der Waals surface area contributed by atoms with Gasteiger partial charge in [-0.15, -0.1) is 0 Å². The second-order valence-electron chi connectivity index (χ2n) is 0.344. The molecule has 0 fully saturated rings. The molecular weight excluding hydrogens is 155 g/mol. The molecule has 0 N–H and O–H groups in total. The average molecular weight is 159 g/mol. The van der Waals surface area contributed by atoms with E-state index >= 15 is 0 Å². The summed E-state index contributed by atoms with van der Waals surface area (Å²) < 4.78 is 0. The number of hydrogen-bond acceptors (Lipinski definition) is 0. The van der Waals surface area contributed by atoms with Crippen molar-refractivity contribution >= 4 is 67.3 Å². The molecule has 0 spiro atoms. The van der Waals surface area contributed by atoms with Crippen LogP contribution in [0.15, 0.2) is 0 Å². The number of halogens is 1. The molecule has 0 bridgehead atoms. The summed E-state index contributed by atoms with van der Waals surface area (Å²) in [5.41, 5.74) is 0. The van der Waals surface area contributed by atoms with Gasteiger partial charge in [0.05, 0.1) is 0 Å². The summed E-state index contributed by atoms with van der Waals surface area (Å²) in [4.78, 5) is 2.49. The summed E-state index contributed by atoms with van der Waals surface area (Å²) in [7, 11) is 0. The van der Waals surface area contributed by atoms with Crippen molar-refractivity contribution in [3.63, 3.8) is 0 Å². The van der Waals surface area contributed by atoms with E-state index in [0.29, 0.717) is 0 Å². The van der Waals surface area contributed by atoms with E-state index in [0.717, 1.165) is 0 Å². The molecular formula is C3H4BrK. The summed E-state index contributed by atoms with van der Waals surface area (Å²) >= 11 is 2.89. The number of hydrogen-bond donors (Lipinski definition) is 0. The number of rotatable bonds is 0. The summed E-state index contributed by atoms with van der Waals surface area (Å²) in [5.74, 6) is 2.60.